The van der Waals surface area contributed by atoms with Gasteiger partial charge in [0.2, 0.25) is 0 Å². The van der Waals surface area contributed by atoms with Gasteiger partial charge in [0.15, 0.2) is 0 Å². The van der Waals surface area contributed by atoms with Crippen LogP contribution in [-0.2, 0) is 0 Å². The van der Waals surface area contributed by atoms with E-state index in [1.807, 2.05) is 30.3 Å². The molecule has 3 rings (SSSR count). The Morgan fingerprint density at radius 2 is 1.60 bits per heavy atom. The van der Waals surface area contributed by atoms with Crippen molar-refractivity contribution in [1.82, 2.24) is 10.4 Å². The zero-order valence-corrected chi connectivity index (χ0v) is 13.1. The average molecular weight is 333 g/mol. The zero-order valence-electron chi connectivity index (χ0n) is 13.1. The second-order valence-electron chi connectivity index (χ2n) is 5.20. The van der Waals surface area contributed by atoms with Gasteiger partial charge in [-0.05, 0) is 30.3 Å². The molecule has 0 radical (unpaired) electrons. The molecule has 1 aromatic heterocycles. The average Bonchev–Trinajstić information content (AvgIpc) is 2.65. The maximum absolute atomic E-state index is 12.3. The first-order valence-corrected chi connectivity index (χ1v) is 7.51. The fourth-order valence-electron chi connectivity index (χ4n) is 2.27. The van der Waals surface area contributed by atoms with Crippen LogP contribution in [0.4, 0.5) is 0 Å². The lowest BCUT2D eigenvalue weighted by Crippen LogP contribution is -2.20. The maximum atomic E-state index is 12.3. The van der Waals surface area contributed by atoms with E-state index in [0.29, 0.717) is 5.71 Å². The van der Waals surface area contributed by atoms with Crippen LogP contribution in [0.3, 0.4) is 0 Å². The number of aromatic hydroxyl groups is 2. The molecule has 6 nitrogen and oxygen atoms in total. The molecule has 0 aliphatic carbocycles. The Morgan fingerprint density at radius 1 is 0.920 bits per heavy atom. The summed E-state index contributed by atoms with van der Waals surface area (Å²) in [6, 6.07) is 16.6. The molecule has 0 fully saturated rings. The molecule has 0 aliphatic rings. The van der Waals surface area contributed by atoms with Crippen LogP contribution >= 0.6 is 0 Å². The second kappa shape index (κ2) is 7.27. The number of rotatable bonds is 4. The molecular formula is C19H15N3O3. The number of hydrogen-bond donors (Lipinski definition) is 3. The van der Waals surface area contributed by atoms with Crippen LogP contribution in [0.2, 0.25) is 0 Å². The number of hydrazone groups is 1. The van der Waals surface area contributed by atoms with Gasteiger partial charge in [-0.2, -0.15) is 5.10 Å². The molecule has 6 heteroatoms. The van der Waals surface area contributed by atoms with E-state index < -0.39 is 5.91 Å². The molecule has 3 aromatic rings. The maximum Gasteiger partial charge on any atom is 0.275 e. The summed E-state index contributed by atoms with van der Waals surface area (Å²) in [5.41, 5.74) is 4.50. The number of phenols is 2. The first-order valence-electron chi connectivity index (χ1n) is 7.51. The van der Waals surface area contributed by atoms with Crippen molar-refractivity contribution in [2.45, 2.75) is 0 Å². The standard InChI is InChI=1S/C19H15N3O3/c23-15-6-7-17(24)16(12-15)19(25)22-21-18(13-4-2-1-3-5-13)14-8-10-20-11-9-14/h1-12,23-24H,(H,22,25)/b21-18+. The first-order chi connectivity index (χ1) is 12.1. The Bertz CT molecular complexity index is 868. The molecule has 2 aromatic carbocycles. The number of pyridine rings is 1. The van der Waals surface area contributed by atoms with E-state index >= 15 is 0 Å². The first kappa shape index (κ1) is 16.2. The fraction of sp³-hybridized carbons (Fsp3) is 0. The Balaban J connectivity index is 1.94. The molecule has 0 saturated heterocycles. The van der Waals surface area contributed by atoms with Gasteiger partial charge in [-0.15, -0.1) is 0 Å². The summed E-state index contributed by atoms with van der Waals surface area (Å²) < 4.78 is 0. The van der Waals surface area contributed by atoms with E-state index in [-0.39, 0.29) is 17.1 Å². The van der Waals surface area contributed by atoms with Gasteiger partial charge in [-0.25, -0.2) is 5.43 Å². The van der Waals surface area contributed by atoms with Crippen LogP contribution < -0.4 is 5.43 Å². The largest absolute Gasteiger partial charge is 0.508 e. The van der Waals surface area contributed by atoms with Gasteiger partial charge in [-0.1, -0.05) is 30.3 Å². The van der Waals surface area contributed by atoms with Gasteiger partial charge in [0.05, 0.1) is 11.3 Å². The minimum Gasteiger partial charge on any atom is -0.508 e. The molecule has 0 bridgehead atoms. The molecule has 1 heterocycles. The lowest BCUT2D eigenvalue weighted by Gasteiger charge is -2.08. The van der Waals surface area contributed by atoms with Crippen LogP contribution in [-0.4, -0.2) is 26.8 Å². The number of phenolic OH excluding ortho intramolecular Hbond substituents is 2. The third-order valence-corrected chi connectivity index (χ3v) is 3.49. The summed E-state index contributed by atoms with van der Waals surface area (Å²) in [7, 11) is 0. The second-order valence-corrected chi connectivity index (χ2v) is 5.20. The Kier molecular flexibility index (Phi) is 4.71. The highest BCUT2D eigenvalue weighted by Gasteiger charge is 2.13. The van der Waals surface area contributed by atoms with Gasteiger partial charge in [-0.3, -0.25) is 9.78 Å². The molecule has 0 atom stereocenters. The smallest absolute Gasteiger partial charge is 0.275 e. The van der Waals surface area contributed by atoms with Crippen molar-refractivity contribution in [3.63, 3.8) is 0 Å². The van der Waals surface area contributed by atoms with Gasteiger partial charge in [0, 0.05) is 23.5 Å². The van der Waals surface area contributed by atoms with Crippen molar-refractivity contribution in [3.05, 3.63) is 89.7 Å². The Hall–Kier alpha value is -3.67. The monoisotopic (exact) mass is 333 g/mol. The fourth-order valence-corrected chi connectivity index (χ4v) is 2.27. The van der Waals surface area contributed by atoms with E-state index in [1.54, 1.807) is 24.5 Å². The molecule has 0 aliphatic heterocycles. The van der Waals surface area contributed by atoms with E-state index in [2.05, 4.69) is 15.5 Å². The minimum atomic E-state index is -0.629. The van der Waals surface area contributed by atoms with Crippen molar-refractivity contribution in [1.29, 1.82) is 0 Å². The van der Waals surface area contributed by atoms with Crippen LogP contribution in [0.5, 0.6) is 11.5 Å². The molecule has 0 spiro atoms. The van der Waals surface area contributed by atoms with E-state index in [9.17, 15) is 15.0 Å². The van der Waals surface area contributed by atoms with E-state index in [4.69, 9.17) is 0 Å². The van der Waals surface area contributed by atoms with Gasteiger partial charge >= 0.3 is 0 Å². The van der Waals surface area contributed by atoms with Crippen LogP contribution in [0, 0.1) is 0 Å². The highest BCUT2D eigenvalue weighted by atomic mass is 16.3. The number of carbonyl (C=O) groups excluding carboxylic acids is 1. The van der Waals surface area contributed by atoms with Gasteiger partial charge in [0.1, 0.15) is 11.5 Å². The van der Waals surface area contributed by atoms with Crippen molar-refractivity contribution in [2.24, 2.45) is 5.10 Å². The van der Waals surface area contributed by atoms with Crippen molar-refractivity contribution in [3.8, 4) is 11.5 Å². The third-order valence-electron chi connectivity index (χ3n) is 3.49. The van der Waals surface area contributed by atoms with Crippen molar-refractivity contribution < 1.29 is 15.0 Å². The summed E-state index contributed by atoms with van der Waals surface area (Å²) in [5, 5.41) is 23.5. The molecule has 1 amide bonds. The normalized spacial score (nSPS) is 11.1. The summed E-state index contributed by atoms with van der Waals surface area (Å²) in [5.74, 6) is -0.990. The van der Waals surface area contributed by atoms with Crippen molar-refractivity contribution in [2.75, 3.05) is 0 Å². The predicted octanol–water partition coefficient (Wildman–Crippen LogP) is 2.68. The van der Waals surface area contributed by atoms with Gasteiger partial charge in [0.25, 0.3) is 5.91 Å². The lowest BCUT2D eigenvalue weighted by molar-refractivity contribution is 0.0952. The number of nitrogens with zero attached hydrogens (tertiary/aromatic N) is 2. The van der Waals surface area contributed by atoms with E-state index in [1.165, 1.54) is 18.2 Å². The van der Waals surface area contributed by atoms with Crippen molar-refractivity contribution >= 4 is 11.6 Å². The SMILES string of the molecule is O=C(N/N=C(\c1ccccc1)c1ccncc1)c1cc(O)ccc1O. The number of amides is 1. The number of benzene rings is 2. The van der Waals surface area contributed by atoms with E-state index in [0.717, 1.165) is 11.1 Å². The third kappa shape index (κ3) is 3.81. The highest BCUT2D eigenvalue weighted by molar-refractivity contribution is 6.13. The van der Waals surface area contributed by atoms with Crippen LogP contribution in [0.25, 0.3) is 0 Å². The molecular weight excluding hydrogens is 318 g/mol. The quantitative estimate of drug-likeness (QED) is 0.389. The summed E-state index contributed by atoms with van der Waals surface area (Å²) in [4.78, 5) is 16.3. The molecule has 25 heavy (non-hydrogen) atoms. The lowest BCUT2D eigenvalue weighted by atomic mass is 10.0. The Labute approximate surface area is 144 Å². The molecule has 0 saturated carbocycles. The Morgan fingerprint density at radius 3 is 2.32 bits per heavy atom. The number of hydrogen-bond acceptors (Lipinski definition) is 5. The molecule has 3 N–H and O–H groups in total. The molecule has 124 valence electrons. The number of carbonyl (C=O) groups is 1. The molecule has 0 unspecified atom stereocenters. The number of aromatic nitrogens is 1. The summed E-state index contributed by atoms with van der Waals surface area (Å²) in [6.45, 7) is 0. The highest BCUT2D eigenvalue weighted by Crippen LogP contribution is 2.21. The predicted molar refractivity (Wildman–Crippen MR) is 93.6 cm³/mol. The van der Waals surface area contributed by atoms with Crippen LogP contribution in [0.1, 0.15) is 21.5 Å². The van der Waals surface area contributed by atoms with Crippen LogP contribution in [0.15, 0.2) is 78.2 Å². The number of nitrogens with one attached hydrogen (secondary N) is 1. The topological polar surface area (TPSA) is 94.8 Å². The summed E-state index contributed by atoms with van der Waals surface area (Å²) in [6.07, 6.45) is 3.27. The summed E-state index contributed by atoms with van der Waals surface area (Å²) >= 11 is 0. The zero-order chi connectivity index (χ0) is 17.6. The minimum absolute atomic E-state index is 0.0640. The van der Waals surface area contributed by atoms with Gasteiger partial charge < -0.3 is 10.2 Å².